The van der Waals surface area contributed by atoms with Crippen molar-refractivity contribution in [1.82, 2.24) is 10.2 Å². The van der Waals surface area contributed by atoms with Crippen molar-refractivity contribution in [2.24, 2.45) is 5.92 Å². The van der Waals surface area contributed by atoms with Gasteiger partial charge in [0.2, 0.25) is 0 Å². The predicted octanol–water partition coefficient (Wildman–Crippen LogP) is 3.07. The second-order valence-electron chi connectivity index (χ2n) is 5.91. The fraction of sp³-hybridized carbons (Fsp3) is 0.600. The van der Waals surface area contributed by atoms with Gasteiger partial charge in [-0.3, -0.25) is 10.1 Å². The molecule has 0 spiro atoms. The highest BCUT2D eigenvalue weighted by molar-refractivity contribution is 6.31. The van der Waals surface area contributed by atoms with Crippen LogP contribution in [0.4, 0.5) is 5.69 Å². The number of nitro benzene ring substituents is 1. The Morgan fingerprint density at radius 3 is 2.90 bits per heavy atom. The molecule has 0 saturated carbocycles. The molecule has 1 aliphatic heterocycles. The van der Waals surface area contributed by atoms with E-state index in [2.05, 4.69) is 24.1 Å². The van der Waals surface area contributed by atoms with Crippen molar-refractivity contribution in [3.05, 3.63) is 38.9 Å². The van der Waals surface area contributed by atoms with Crippen LogP contribution in [-0.4, -0.2) is 35.5 Å². The first-order valence-electron chi connectivity index (χ1n) is 7.35. The van der Waals surface area contributed by atoms with Crippen molar-refractivity contribution in [3.8, 4) is 0 Å². The lowest BCUT2D eigenvalue weighted by Gasteiger charge is -2.20. The smallest absolute Gasteiger partial charge is 0.269 e. The maximum atomic E-state index is 10.8. The van der Waals surface area contributed by atoms with Crippen molar-refractivity contribution in [1.29, 1.82) is 0 Å². The molecule has 5 nitrogen and oxygen atoms in total. The monoisotopic (exact) mass is 311 g/mol. The Morgan fingerprint density at radius 2 is 2.29 bits per heavy atom. The maximum absolute atomic E-state index is 10.8. The molecule has 1 aromatic carbocycles. The summed E-state index contributed by atoms with van der Waals surface area (Å²) in [5, 5.41) is 14.7. The predicted molar refractivity (Wildman–Crippen MR) is 84.6 cm³/mol. The Labute approximate surface area is 130 Å². The van der Waals surface area contributed by atoms with E-state index >= 15 is 0 Å². The van der Waals surface area contributed by atoms with Gasteiger partial charge in [0.1, 0.15) is 0 Å². The molecule has 1 unspecified atom stereocenters. The highest BCUT2D eigenvalue weighted by Crippen LogP contribution is 2.22. The van der Waals surface area contributed by atoms with Crippen LogP contribution in [-0.2, 0) is 6.54 Å². The second kappa shape index (κ2) is 7.20. The van der Waals surface area contributed by atoms with Gasteiger partial charge >= 0.3 is 0 Å². The fourth-order valence-corrected chi connectivity index (χ4v) is 2.90. The lowest BCUT2D eigenvalue weighted by atomic mass is 10.1. The van der Waals surface area contributed by atoms with Gasteiger partial charge in [0.15, 0.2) is 0 Å². The van der Waals surface area contributed by atoms with Crippen LogP contribution < -0.4 is 5.32 Å². The Morgan fingerprint density at radius 1 is 1.52 bits per heavy atom. The lowest BCUT2D eigenvalue weighted by Crippen LogP contribution is -2.30. The van der Waals surface area contributed by atoms with E-state index in [0.29, 0.717) is 23.5 Å². The molecule has 21 heavy (non-hydrogen) atoms. The number of hydrogen-bond acceptors (Lipinski definition) is 4. The highest BCUT2D eigenvalue weighted by Gasteiger charge is 2.23. The third kappa shape index (κ3) is 4.40. The van der Waals surface area contributed by atoms with Gasteiger partial charge in [-0.15, -0.1) is 0 Å². The van der Waals surface area contributed by atoms with E-state index in [1.165, 1.54) is 12.5 Å². The molecular weight excluding hydrogens is 290 g/mol. The minimum absolute atomic E-state index is 0.0862. The number of hydrogen-bond donors (Lipinski definition) is 1. The van der Waals surface area contributed by atoms with Crippen LogP contribution in [0.3, 0.4) is 0 Å². The molecular formula is C15H22ClN3O2. The summed E-state index contributed by atoms with van der Waals surface area (Å²) < 4.78 is 0. The molecule has 116 valence electrons. The van der Waals surface area contributed by atoms with E-state index in [-0.39, 0.29) is 5.69 Å². The van der Waals surface area contributed by atoms with E-state index in [0.717, 1.165) is 25.2 Å². The first-order valence-corrected chi connectivity index (χ1v) is 7.72. The molecule has 0 radical (unpaired) electrons. The summed E-state index contributed by atoms with van der Waals surface area (Å²) in [5.74, 6) is 0.643. The van der Waals surface area contributed by atoms with Crippen molar-refractivity contribution < 1.29 is 4.92 Å². The van der Waals surface area contributed by atoms with Crippen LogP contribution in [0.5, 0.6) is 0 Å². The Balaban J connectivity index is 1.84. The van der Waals surface area contributed by atoms with Crippen LogP contribution in [0.2, 0.25) is 5.02 Å². The zero-order chi connectivity index (χ0) is 15.4. The molecule has 2 rings (SSSR count). The summed E-state index contributed by atoms with van der Waals surface area (Å²) in [5.41, 5.74) is 0.868. The molecule has 1 fully saturated rings. The number of non-ortho nitro benzene ring substituents is 1. The number of nitrogens with one attached hydrogen (secondary N) is 1. The lowest BCUT2D eigenvalue weighted by molar-refractivity contribution is -0.384. The van der Waals surface area contributed by atoms with E-state index in [1.807, 2.05) is 0 Å². The van der Waals surface area contributed by atoms with E-state index in [1.54, 1.807) is 12.1 Å². The minimum atomic E-state index is -0.392. The summed E-state index contributed by atoms with van der Waals surface area (Å²) in [6.45, 7) is 8.20. The van der Waals surface area contributed by atoms with Crippen molar-refractivity contribution in [3.63, 3.8) is 0 Å². The number of nitrogens with zero attached hydrogens (tertiary/aromatic N) is 2. The minimum Gasteiger partial charge on any atom is -0.312 e. The molecule has 1 saturated heterocycles. The summed E-state index contributed by atoms with van der Waals surface area (Å²) >= 11 is 6.09. The fourth-order valence-electron chi connectivity index (χ4n) is 2.72. The van der Waals surface area contributed by atoms with Crippen LogP contribution in [0.1, 0.15) is 25.8 Å². The number of rotatable bonds is 6. The normalized spacial score (nSPS) is 19.3. The maximum Gasteiger partial charge on any atom is 0.269 e. The van der Waals surface area contributed by atoms with Crippen LogP contribution in [0.15, 0.2) is 18.2 Å². The number of likely N-dealkylation sites (tertiary alicyclic amines) is 1. The summed E-state index contributed by atoms with van der Waals surface area (Å²) in [6.07, 6.45) is 1.20. The average Bonchev–Trinajstić information content (AvgIpc) is 2.89. The first-order chi connectivity index (χ1) is 9.97. The molecule has 1 aliphatic rings. The van der Waals surface area contributed by atoms with Crippen molar-refractivity contribution in [2.45, 2.75) is 32.9 Å². The second-order valence-corrected chi connectivity index (χ2v) is 6.31. The SMILES string of the molecule is CC(C)N1CCC(CNCc2cc([N+](=O)[O-])ccc2Cl)C1. The molecule has 0 aromatic heterocycles. The van der Waals surface area contributed by atoms with Gasteiger partial charge in [-0.2, -0.15) is 0 Å². The third-order valence-corrected chi connectivity index (χ3v) is 4.40. The average molecular weight is 312 g/mol. The summed E-state index contributed by atoms with van der Waals surface area (Å²) in [7, 11) is 0. The van der Waals surface area contributed by atoms with Gasteiger partial charge in [-0.1, -0.05) is 11.6 Å². The topological polar surface area (TPSA) is 58.4 Å². The standard InChI is InChI=1S/C15H22ClN3O2/c1-11(2)18-6-5-12(10-18)8-17-9-13-7-14(19(20)21)3-4-15(13)16/h3-4,7,11-12,17H,5-6,8-10H2,1-2H3. The molecule has 0 amide bonds. The molecule has 1 heterocycles. The van der Waals surface area contributed by atoms with E-state index in [9.17, 15) is 10.1 Å². The zero-order valence-electron chi connectivity index (χ0n) is 12.5. The van der Waals surface area contributed by atoms with E-state index < -0.39 is 4.92 Å². The summed E-state index contributed by atoms with van der Waals surface area (Å²) in [6, 6.07) is 5.17. The van der Waals surface area contributed by atoms with Crippen molar-refractivity contribution in [2.75, 3.05) is 19.6 Å². The number of benzene rings is 1. The van der Waals surface area contributed by atoms with Crippen LogP contribution in [0.25, 0.3) is 0 Å². The van der Waals surface area contributed by atoms with Gasteiger partial charge in [0.05, 0.1) is 4.92 Å². The molecule has 0 aliphatic carbocycles. The quantitative estimate of drug-likeness (QED) is 0.648. The summed E-state index contributed by atoms with van der Waals surface area (Å²) in [4.78, 5) is 12.9. The zero-order valence-corrected chi connectivity index (χ0v) is 13.3. The third-order valence-electron chi connectivity index (χ3n) is 4.04. The highest BCUT2D eigenvalue weighted by atomic mass is 35.5. The largest absolute Gasteiger partial charge is 0.312 e. The van der Waals surface area contributed by atoms with E-state index in [4.69, 9.17) is 11.6 Å². The number of nitro groups is 1. The van der Waals surface area contributed by atoms with Crippen LogP contribution >= 0.6 is 11.6 Å². The van der Waals surface area contributed by atoms with Crippen molar-refractivity contribution >= 4 is 17.3 Å². The molecule has 6 heteroatoms. The molecule has 1 atom stereocenters. The Hall–Kier alpha value is -1.17. The van der Waals surface area contributed by atoms with Gasteiger partial charge in [0.25, 0.3) is 5.69 Å². The van der Waals surface area contributed by atoms with Crippen LogP contribution in [0, 0.1) is 16.0 Å². The Kier molecular flexibility index (Phi) is 5.56. The first kappa shape index (κ1) is 16.2. The number of halogens is 1. The molecule has 1 N–H and O–H groups in total. The van der Waals surface area contributed by atoms with Gasteiger partial charge in [0, 0.05) is 36.3 Å². The van der Waals surface area contributed by atoms with Gasteiger partial charge in [-0.25, -0.2) is 0 Å². The van der Waals surface area contributed by atoms with Gasteiger partial charge in [-0.05, 0) is 50.9 Å². The molecule has 0 bridgehead atoms. The van der Waals surface area contributed by atoms with Gasteiger partial charge < -0.3 is 10.2 Å². The molecule has 1 aromatic rings. The Bertz CT molecular complexity index is 508.